The summed E-state index contributed by atoms with van der Waals surface area (Å²) in [5.41, 5.74) is 3.84. The third-order valence-corrected chi connectivity index (χ3v) is 4.55. The average molecular weight is 394 g/mol. The van der Waals surface area contributed by atoms with Crippen LogP contribution in [0.2, 0.25) is 0 Å². The number of H-pyrrole nitrogens is 1. The van der Waals surface area contributed by atoms with E-state index in [1.165, 1.54) is 18.2 Å². The Hall–Kier alpha value is -3.74. The zero-order chi connectivity index (χ0) is 20.4. The van der Waals surface area contributed by atoms with Crippen molar-refractivity contribution in [1.82, 2.24) is 9.97 Å². The van der Waals surface area contributed by atoms with Crippen LogP contribution in [0.3, 0.4) is 0 Å². The van der Waals surface area contributed by atoms with Gasteiger partial charge in [0, 0.05) is 29.1 Å². The lowest BCUT2D eigenvalue weighted by Gasteiger charge is -2.07. The van der Waals surface area contributed by atoms with Crippen molar-refractivity contribution in [2.75, 3.05) is 0 Å². The standard InChI is InChI=1S/C22H16F2N2O3/c23-22(24)29-15-9-10-16-17(11-14-7-4-8-18(25-14)21(27)28)20(26-19(16)12-15)13-5-2-1-3-6-13/h1-10,12,22,26H,11H2,(H,27,28). The maximum atomic E-state index is 12.6. The minimum atomic E-state index is -2.90. The highest BCUT2D eigenvalue weighted by Crippen LogP contribution is 2.34. The van der Waals surface area contributed by atoms with Gasteiger partial charge in [0.2, 0.25) is 0 Å². The van der Waals surface area contributed by atoms with E-state index in [0.29, 0.717) is 17.6 Å². The Kier molecular flexibility index (Phi) is 4.95. The predicted molar refractivity (Wildman–Crippen MR) is 104 cm³/mol. The molecule has 4 aromatic rings. The number of nitrogens with one attached hydrogen (secondary N) is 1. The van der Waals surface area contributed by atoms with Crippen molar-refractivity contribution in [3.8, 4) is 17.0 Å². The summed E-state index contributed by atoms with van der Waals surface area (Å²) in [4.78, 5) is 18.7. The lowest BCUT2D eigenvalue weighted by molar-refractivity contribution is -0.0497. The van der Waals surface area contributed by atoms with Crippen molar-refractivity contribution >= 4 is 16.9 Å². The van der Waals surface area contributed by atoms with Gasteiger partial charge in [0.05, 0.1) is 5.69 Å². The highest BCUT2D eigenvalue weighted by atomic mass is 19.3. The minimum absolute atomic E-state index is 0.0313. The molecule has 2 aromatic carbocycles. The molecule has 0 spiro atoms. The second kappa shape index (κ2) is 7.71. The first-order chi connectivity index (χ1) is 14.0. The van der Waals surface area contributed by atoms with E-state index < -0.39 is 12.6 Å². The molecule has 2 heterocycles. The van der Waals surface area contributed by atoms with Gasteiger partial charge >= 0.3 is 12.6 Å². The summed E-state index contributed by atoms with van der Waals surface area (Å²) in [5.74, 6) is -1.03. The van der Waals surface area contributed by atoms with Crippen molar-refractivity contribution in [2.45, 2.75) is 13.0 Å². The van der Waals surface area contributed by atoms with Crippen molar-refractivity contribution in [3.05, 3.63) is 83.7 Å². The van der Waals surface area contributed by atoms with Crippen molar-refractivity contribution < 1.29 is 23.4 Å². The van der Waals surface area contributed by atoms with Crippen molar-refractivity contribution in [3.63, 3.8) is 0 Å². The molecule has 5 nitrogen and oxygen atoms in total. The van der Waals surface area contributed by atoms with Crippen LogP contribution >= 0.6 is 0 Å². The molecule has 0 aliphatic rings. The number of hydrogen-bond donors (Lipinski definition) is 2. The van der Waals surface area contributed by atoms with E-state index in [9.17, 15) is 18.7 Å². The number of pyridine rings is 1. The molecule has 146 valence electrons. The number of ether oxygens (including phenoxy) is 1. The van der Waals surface area contributed by atoms with Crippen LogP contribution in [0.5, 0.6) is 5.75 Å². The molecule has 0 fully saturated rings. The molecule has 0 amide bonds. The van der Waals surface area contributed by atoms with E-state index in [-0.39, 0.29) is 11.4 Å². The Balaban J connectivity index is 1.84. The highest BCUT2D eigenvalue weighted by Gasteiger charge is 2.16. The van der Waals surface area contributed by atoms with Gasteiger partial charge in [-0.3, -0.25) is 0 Å². The zero-order valence-electron chi connectivity index (χ0n) is 15.1. The molecular formula is C22H16F2N2O3. The summed E-state index contributed by atoms with van der Waals surface area (Å²) >= 11 is 0. The van der Waals surface area contributed by atoms with Gasteiger partial charge in [-0.05, 0) is 35.4 Å². The van der Waals surface area contributed by atoms with Gasteiger partial charge in [0.25, 0.3) is 0 Å². The SMILES string of the molecule is O=C(O)c1cccc(Cc2c(-c3ccccc3)[nH]c3cc(OC(F)F)ccc23)n1. The molecule has 4 rings (SSSR count). The quantitative estimate of drug-likeness (QED) is 0.476. The maximum absolute atomic E-state index is 12.6. The Morgan fingerprint density at radius 3 is 2.59 bits per heavy atom. The van der Waals surface area contributed by atoms with Crippen LogP contribution in [0.15, 0.2) is 66.7 Å². The molecule has 7 heteroatoms. The van der Waals surface area contributed by atoms with E-state index in [0.717, 1.165) is 22.2 Å². The van der Waals surface area contributed by atoms with Gasteiger partial charge in [-0.25, -0.2) is 9.78 Å². The third-order valence-electron chi connectivity index (χ3n) is 4.55. The number of hydrogen-bond acceptors (Lipinski definition) is 3. The molecule has 0 atom stereocenters. The Morgan fingerprint density at radius 2 is 1.86 bits per heavy atom. The monoisotopic (exact) mass is 394 g/mol. The minimum Gasteiger partial charge on any atom is -0.477 e. The van der Waals surface area contributed by atoms with E-state index >= 15 is 0 Å². The molecule has 2 aromatic heterocycles. The number of halogens is 2. The largest absolute Gasteiger partial charge is 0.477 e. The van der Waals surface area contributed by atoms with E-state index in [1.54, 1.807) is 18.2 Å². The highest BCUT2D eigenvalue weighted by molar-refractivity contribution is 5.92. The third kappa shape index (κ3) is 3.94. The average Bonchev–Trinajstić information content (AvgIpc) is 3.06. The molecule has 0 saturated heterocycles. The number of fused-ring (bicyclic) bond motifs is 1. The summed E-state index contributed by atoms with van der Waals surface area (Å²) in [6.07, 6.45) is 0.375. The van der Waals surface area contributed by atoms with E-state index in [4.69, 9.17) is 0 Å². The van der Waals surface area contributed by atoms with Crippen LogP contribution in [-0.4, -0.2) is 27.7 Å². The molecule has 0 aliphatic heterocycles. The summed E-state index contributed by atoms with van der Waals surface area (Å²) in [5, 5.41) is 10.0. The van der Waals surface area contributed by atoms with Crippen LogP contribution in [0.4, 0.5) is 8.78 Å². The molecule has 0 bridgehead atoms. The normalized spacial score (nSPS) is 11.1. The molecule has 2 N–H and O–H groups in total. The van der Waals surface area contributed by atoms with Gasteiger partial charge in [-0.15, -0.1) is 0 Å². The summed E-state index contributed by atoms with van der Waals surface area (Å²) in [6.45, 7) is -2.90. The van der Waals surface area contributed by atoms with E-state index in [1.807, 2.05) is 30.3 Å². The molecule has 0 saturated carbocycles. The number of benzene rings is 2. The molecular weight excluding hydrogens is 378 g/mol. The second-order valence-electron chi connectivity index (χ2n) is 6.43. The molecule has 0 radical (unpaired) electrons. The van der Waals surface area contributed by atoms with Crippen LogP contribution in [-0.2, 0) is 6.42 Å². The lowest BCUT2D eigenvalue weighted by atomic mass is 10.0. The number of rotatable bonds is 6. The lowest BCUT2D eigenvalue weighted by Crippen LogP contribution is -2.03. The second-order valence-corrected chi connectivity index (χ2v) is 6.43. The predicted octanol–water partition coefficient (Wildman–Crippen LogP) is 5.12. The van der Waals surface area contributed by atoms with Crippen molar-refractivity contribution in [1.29, 1.82) is 0 Å². The number of carboxylic acid groups (broad SMARTS) is 1. The number of aromatic amines is 1. The van der Waals surface area contributed by atoms with Gasteiger partial charge in [-0.2, -0.15) is 8.78 Å². The number of carboxylic acids is 1. The summed E-state index contributed by atoms with van der Waals surface area (Å²) in [6, 6.07) is 19.2. The Morgan fingerprint density at radius 1 is 1.07 bits per heavy atom. The number of carbonyl (C=O) groups is 1. The Labute approximate surface area is 164 Å². The number of nitrogens with zero attached hydrogens (tertiary/aromatic N) is 1. The maximum Gasteiger partial charge on any atom is 0.387 e. The fourth-order valence-corrected chi connectivity index (χ4v) is 3.32. The van der Waals surface area contributed by atoms with Crippen LogP contribution in [0.1, 0.15) is 21.7 Å². The van der Waals surface area contributed by atoms with Crippen LogP contribution in [0, 0.1) is 0 Å². The van der Waals surface area contributed by atoms with Gasteiger partial charge in [0.15, 0.2) is 0 Å². The molecule has 29 heavy (non-hydrogen) atoms. The first-order valence-corrected chi connectivity index (χ1v) is 8.85. The van der Waals surface area contributed by atoms with Crippen LogP contribution < -0.4 is 4.74 Å². The van der Waals surface area contributed by atoms with Crippen LogP contribution in [0.25, 0.3) is 22.2 Å². The first-order valence-electron chi connectivity index (χ1n) is 8.85. The number of alkyl halides is 2. The summed E-state index contributed by atoms with van der Waals surface area (Å²) < 4.78 is 29.7. The van der Waals surface area contributed by atoms with Gasteiger partial charge in [-0.1, -0.05) is 36.4 Å². The number of aromatic nitrogens is 2. The molecule has 0 aliphatic carbocycles. The summed E-state index contributed by atoms with van der Waals surface area (Å²) in [7, 11) is 0. The smallest absolute Gasteiger partial charge is 0.387 e. The number of aromatic carboxylic acids is 1. The molecule has 0 unspecified atom stereocenters. The van der Waals surface area contributed by atoms with E-state index in [2.05, 4.69) is 14.7 Å². The van der Waals surface area contributed by atoms with Gasteiger partial charge in [0.1, 0.15) is 11.4 Å². The fraction of sp³-hybridized carbons (Fsp3) is 0.0909. The Bertz CT molecular complexity index is 1170. The first kappa shape index (κ1) is 18.6. The zero-order valence-corrected chi connectivity index (χ0v) is 15.1. The fourth-order valence-electron chi connectivity index (χ4n) is 3.32. The van der Waals surface area contributed by atoms with Gasteiger partial charge < -0.3 is 14.8 Å². The van der Waals surface area contributed by atoms with Crippen molar-refractivity contribution in [2.24, 2.45) is 0 Å². The topological polar surface area (TPSA) is 75.2 Å².